The van der Waals surface area contributed by atoms with Crippen molar-refractivity contribution in [1.82, 2.24) is 4.98 Å². The van der Waals surface area contributed by atoms with Crippen molar-refractivity contribution in [3.63, 3.8) is 0 Å². The van der Waals surface area contributed by atoms with E-state index in [1.807, 2.05) is 26.8 Å². The fraction of sp³-hybridized carbons (Fsp3) is 0.538. The molecule has 3 nitrogen and oxygen atoms in total. The second kappa shape index (κ2) is 6.15. The lowest BCUT2D eigenvalue weighted by molar-refractivity contribution is -0.150. The first kappa shape index (κ1) is 14.2. The van der Waals surface area contributed by atoms with E-state index >= 15 is 0 Å². The summed E-state index contributed by atoms with van der Waals surface area (Å²) in [7, 11) is 0. The van der Waals surface area contributed by atoms with Gasteiger partial charge in [0.05, 0.1) is 12.0 Å². The van der Waals surface area contributed by atoms with Crippen molar-refractivity contribution in [2.75, 3.05) is 6.61 Å². The Labute approximate surface area is 111 Å². The van der Waals surface area contributed by atoms with Crippen molar-refractivity contribution in [3.8, 4) is 0 Å². The fourth-order valence-electron chi connectivity index (χ4n) is 2.06. The highest BCUT2D eigenvalue weighted by molar-refractivity contribution is 9.10. The van der Waals surface area contributed by atoms with Crippen LogP contribution in [-0.4, -0.2) is 17.6 Å². The number of esters is 1. The lowest BCUT2D eigenvalue weighted by Gasteiger charge is -2.30. The van der Waals surface area contributed by atoms with Crippen LogP contribution in [0.5, 0.6) is 0 Å². The Morgan fingerprint density at radius 1 is 1.41 bits per heavy atom. The number of carbonyl (C=O) groups excluding carboxylic acids is 1. The normalized spacial score (nSPS) is 11.3. The van der Waals surface area contributed by atoms with Gasteiger partial charge in [0, 0.05) is 16.9 Å². The lowest BCUT2D eigenvalue weighted by Crippen LogP contribution is -2.36. The third kappa shape index (κ3) is 2.68. The Kier molecular flexibility index (Phi) is 5.12. The van der Waals surface area contributed by atoms with Crippen molar-refractivity contribution in [1.29, 1.82) is 0 Å². The average Bonchev–Trinajstić information content (AvgIpc) is 2.34. The molecule has 1 heterocycles. The molecule has 0 radical (unpaired) electrons. The second-order valence-corrected chi connectivity index (χ2v) is 4.72. The summed E-state index contributed by atoms with van der Waals surface area (Å²) in [6.45, 7) is 6.25. The summed E-state index contributed by atoms with van der Waals surface area (Å²) in [4.78, 5) is 16.2. The third-order valence-corrected chi connectivity index (χ3v) is 3.79. The zero-order valence-corrected chi connectivity index (χ0v) is 12.1. The predicted molar refractivity (Wildman–Crippen MR) is 70.8 cm³/mol. The quantitative estimate of drug-likeness (QED) is 0.782. The SMILES string of the molecule is CCOC(=O)C(CC)(CC)c1ccncc1Br. The Morgan fingerprint density at radius 2 is 2.06 bits per heavy atom. The van der Waals surface area contributed by atoms with Crippen LogP contribution in [0.15, 0.2) is 22.9 Å². The van der Waals surface area contributed by atoms with Gasteiger partial charge in [0.25, 0.3) is 0 Å². The first-order valence-electron chi connectivity index (χ1n) is 5.89. The Balaban J connectivity index is 3.25. The summed E-state index contributed by atoms with van der Waals surface area (Å²) in [6, 6.07) is 1.88. The van der Waals surface area contributed by atoms with E-state index in [0.717, 1.165) is 10.0 Å². The molecule has 1 rings (SSSR count). The molecule has 0 amide bonds. The summed E-state index contributed by atoms with van der Waals surface area (Å²) in [5, 5.41) is 0. The Bertz CT molecular complexity index is 389. The highest BCUT2D eigenvalue weighted by Crippen LogP contribution is 2.37. The number of aromatic nitrogens is 1. The molecule has 0 aliphatic rings. The van der Waals surface area contributed by atoms with Gasteiger partial charge in [-0.1, -0.05) is 13.8 Å². The van der Waals surface area contributed by atoms with Crippen LogP contribution in [-0.2, 0) is 14.9 Å². The number of halogens is 1. The molecule has 0 aliphatic carbocycles. The van der Waals surface area contributed by atoms with Crippen LogP contribution in [0.2, 0.25) is 0 Å². The van der Waals surface area contributed by atoms with Gasteiger partial charge in [0.1, 0.15) is 0 Å². The molecule has 0 aromatic carbocycles. The summed E-state index contributed by atoms with van der Waals surface area (Å²) in [5.41, 5.74) is 0.383. The third-order valence-electron chi connectivity index (χ3n) is 3.16. The maximum Gasteiger partial charge on any atom is 0.316 e. The van der Waals surface area contributed by atoms with E-state index in [1.54, 1.807) is 12.4 Å². The fourth-order valence-corrected chi connectivity index (χ4v) is 2.69. The number of rotatable bonds is 5. The van der Waals surface area contributed by atoms with Crippen LogP contribution < -0.4 is 0 Å². The zero-order valence-electron chi connectivity index (χ0n) is 10.5. The minimum atomic E-state index is -0.572. The monoisotopic (exact) mass is 299 g/mol. The number of hydrogen-bond acceptors (Lipinski definition) is 3. The molecule has 0 saturated carbocycles. The molecule has 94 valence electrons. The maximum absolute atomic E-state index is 12.2. The number of hydrogen-bond donors (Lipinski definition) is 0. The first-order chi connectivity index (χ1) is 8.12. The van der Waals surface area contributed by atoms with Crippen LogP contribution in [0.1, 0.15) is 39.2 Å². The summed E-state index contributed by atoms with van der Waals surface area (Å²) in [6.07, 6.45) is 4.85. The van der Waals surface area contributed by atoms with E-state index in [4.69, 9.17) is 4.74 Å². The van der Waals surface area contributed by atoms with Crippen molar-refractivity contribution in [2.24, 2.45) is 0 Å². The largest absolute Gasteiger partial charge is 0.465 e. The highest BCUT2D eigenvalue weighted by Gasteiger charge is 2.39. The van der Waals surface area contributed by atoms with E-state index in [9.17, 15) is 4.79 Å². The minimum Gasteiger partial charge on any atom is -0.465 e. The maximum atomic E-state index is 12.2. The van der Waals surface area contributed by atoms with Crippen LogP contribution >= 0.6 is 15.9 Å². The van der Waals surface area contributed by atoms with Crippen molar-refractivity contribution in [2.45, 2.75) is 39.0 Å². The van der Waals surface area contributed by atoms with Crippen molar-refractivity contribution < 1.29 is 9.53 Å². The molecule has 0 bridgehead atoms. The lowest BCUT2D eigenvalue weighted by atomic mass is 9.76. The topological polar surface area (TPSA) is 39.2 Å². The van der Waals surface area contributed by atoms with Gasteiger partial charge in [0.2, 0.25) is 0 Å². The van der Waals surface area contributed by atoms with Gasteiger partial charge in [-0.25, -0.2) is 0 Å². The predicted octanol–water partition coefficient (Wildman–Crippen LogP) is 3.47. The Morgan fingerprint density at radius 3 is 2.53 bits per heavy atom. The zero-order chi connectivity index (χ0) is 12.9. The van der Waals surface area contributed by atoms with Crippen LogP contribution in [0.25, 0.3) is 0 Å². The van der Waals surface area contributed by atoms with E-state index < -0.39 is 5.41 Å². The van der Waals surface area contributed by atoms with Crippen LogP contribution in [0, 0.1) is 0 Å². The van der Waals surface area contributed by atoms with Gasteiger partial charge in [-0.2, -0.15) is 0 Å². The summed E-state index contributed by atoms with van der Waals surface area (Å²) >= 11 is 3.46. The molecule has 0 saturated heterocycles. The standard InChI is InChI=1S/C13H18BrNO2/c1-4-13(5-2,12(16)17-6-3)10-7-8-15-9-11(10)14/h7-9H,4-6H2,1-3H3. The number of nitrogens with zero attached hydrogens (tertiary/aromatic N) is 1. The Hall–Kier alpha value is -0.900. The number of carbonyl (C=O) groups is 1. The minimum absolute atomic E-state index is 0.156. The molecular formula is C13H18BrNO2. The van der Waals surface area contributed by atoms with Crippen LogP contribution in [0.3, 0.4) is 0 Å². The van der Waals surface area contributed by atoms with Gasteiger partial charge in [-0.15, -0.1) is 0 Å². The molecule has 1 aromatic heterocycles. The van der Waals surface area contributed by atoms with E-state index in [0.29, 0.717) is 19.4 Å². The molecule has 0 atom stereocenters. The molecular weight excluding hydrogens is 282 g/mol. The first-order valence-corrected chi connectivity index (χ1v) is 6.68. The van der Waals surface area contributed by atoms with Gasteiger partial charge >= 0.3 is 5.97 Å². The molecule has 0 aliphatic heterocycles. The average molecular weight is 300 g/mol. The second-order valence-electron chi connectivity index (χ2n) is 3.87. The van der Waals surface area contributed by atoms with Gasteiger partial charge in [0.15, 0.2) is 0 Å². The summed E-state index contributed by atoms with van der Waals surface area (Å²) < 4.78 is 6.08. The highest BCUT2D eigenvalue weighted by atomic mass is 79.9. The van der Waals surface area contributed by atoms with Gasteiger partial charge < -0.3 is 4.74 Å². The molecule has 1 aromatic rings. The van der Waals surface area contributed by atoms with Gasteiger partial charge in [-0.05, 0) is 47.3 Å². The molecule has 17 heavy (non-hydrogen) atoms. The van der Waals surface area contributed by atoms with E-state index in [-0.39, 0.29) is 5.97 Å². The molecule has 0 unspecified atom stereocenters. The van der Waals surface area contributed by atoms with E-state index in [1.165, 1.54) is 0 Å². The molecule has 0 fully saturated rings. The smallest absolute Gasteiger partial charge is 0.316 e. The van der Waals surface area contributed by atoms with Gasteiger partial charge in [-0.3, -0.25) is 9.78 Å². The number of ether oxygens (including phenoxy) is 1. The van der Waals surface area contributed by atoms with Crippen LogP contribution in [0.4, 0.5) is 0 Å². The molecule has 4 heteroatoms. The molecule has 0 N–H and O–H groups in total. The molecule has 0 spiro atoms. The van der Waals surface area contributed by atoms with Crippen molar-refractivity contribution >= 4 is 21.9 Å². The summed E-state index contributed by atoms with van der Waals surface area (Å²) in [5.74, 6) is -0.156. The van der Waals surface area contributed by atoms with E-state index in [2.05, 4.69) is 20.9 Å². The number of pyridine rings is 1. The van der Waals surface area contributed by atoms with Crippen molar-refractivity contribution in [3.05, 3.63) is 28.5 Å².